The molecule has 2 saturated carbocycles. The van der Waals surface area contributed by atoms with Gasteiger partial charge in [0.1, 0.15) is 0 Å². The molecule has 3 rings (SSSR count). The van der Waals surface area contributed by atoms with Crippen LogP contribution in [0, 0.1) is 11.8 Å². The minimum Gasteiger partial charge on any atom is -0.300 e. The van der Waals surface area contributed by atoms with E-state index in [0.29, 0.717) is 0 Å². The van der Waals surface area contributed by atoms with E-state index in [1.54, 1.807) is 6.42 Å². The Kier molecular flexibility index (Phi) is 4.84. The van der Waals surface area contributed by atoms with E-state index in [4.69, 9.17) is 0 Å². The number of piperidine rings is 1. The lowest BCUT2D eigenvalue weighted by molar-refractivity contribution is 0.000346. The Morgan fingerprint density at radius 3 is 2.11 bits per heavy atom. The second-order valence-electron chi connectivity index (χ2n) is 7.53. The number of hydrogen-bond donors (Lipinski definition) is 0. The van der Waals surface area contributed by atoms with Crippen molar-refractivity contribution in [2.75, 3.05) is 7.05 Å². The van der Waals surface area contributed by atoms with Crippen LogP contribution in [0.3, 0.4) is 0 Å². The van der Waals surface area contributed by atoms with Gasteiger partial charge in [0, 0.05) is 12.1 Å². The molecule has 2 aliphatic carbocycles. The molecule has 4 unspecified atom stereocenters. The normalized spacial score (nSPS) is 42.2. The van der Waals surface area contributed by atoms with Crippen LogP contribution in [0.2, 0.25) is 0 Å². The average molecular weight is 263 g/mol. The molecule has 0 aromatic heterocycles. The molecule has 0 aromatic rings. The van der Waals surface area contributed by atoms with Crippen molar-refractivity contribution in [3.05, 3.63) is 0 Å². The van der Waals surface area contributed by atoms with Crippen LogP contribution in [0.5, 0.6) is 0 Å². The van der Waals surface area contributed by atoms with Gasteiger partial charge in [0.15, 0.2) is 0 Å². The first-order valence-corrected chi connectivity index (χ1v) is 9.08. The number of likely N-dealkylation sites (tertiary alicyclic amines) is 1. The predicted octanol–water partition coefficient (Wildman–Crippen LogP) is 5.00. The second-order valence-corrected chi connectivity index (χ2v) is 7.53. The lowest BCUT2D eigenvalue weighted by Crippen LogP contribution is -2.52. The molecule has 2 bridgehead atoms. The topological polar surface area (TPSA) is 3.24 Å². The third-order valence-corrected chi connectivity index (χ3v) is 6.42. The summed E-state index contributed by atoms with van der Waals surface area (Å²) in [6.07, 6.45) is 19.6. The van der Waals surface area contributed by atoms with E-state index >= 15 is 0 Å². The summed E-state index contributed by atoms with van der Waals surface area (Å²) in [5, 5.41) is 0. The fraction of sp³-hybridized carbons (Fsp3) is 1.00. The zero-order valence-corrected chi connectivity index (χ0v) is 12.9. The molecule has 1 aliphatic heterocycles. The maximum absolute atomic E-state index is 2.83. The van der Waals surface area contributed by atoms with Gasteiger partial charge >= 0.3 is 0 Å². The van der Waals surface area contributed by atoms with E-state index in [-0.39, 0.29) is 0 Å². The summed E-state index contributed by atoms with van der Waals surface area (Å²) in [6, 6.07) is 1.85. The largest absolute Gasteiger partial charge is 0.300 e. The zero-order valence-electron chi connectivity index (χ0n) is 12.9. The molecule has 0 spiro atoms. The molecule has 0 aromatic carbocycles. The molecule has 4 atom stereocenters. The van der Waals surface area contributed by atoms with Crippen LogP contribution in [0.4, 0.5) is 0 Å². The molecule has 110 valence electrons. The average Bonchev–Trinajstić information content (AvgIpc) is 2.47. The molecule has 0 N–H and O–H groups in total. The maximum Gasteiger partial charge on any atom is 0.0126 e. The van der Waals surface area contributed by atoms with Crippen LogP contribution in [-0.2, 0) is 0 Å². The minimum atomic E-state index is 0.920. The summed E-state index contributed by atoms with van der Waals surface area (Å²) < 4.78 is 0. The van der Waals surface area contributed by atoms with E-state index in [0.717, 1.165) is 23.9 Å². The Morgan fingerprint density at radius 1 is 0.684 bits per heavy atom. The van der Waals surface area contributed by atoms with Gasteiger partial charge in [0.05, 0.1) is 0 Å². The third-order valence-electron chi connectivity index (χ3n) is 6.42. The molecular formula is C18H33N. The Morgan fingerprint density at radius 2 is 1.32 bits per heavy atom. The Labute approximate surface area is 120 Å². The maximum atomic E-state index is 2.83. The molecule has 19 heavy (non-hydrogen) atoms. The van der Waals surface area contributed by atoms with Crippen molar-refractivity contribution in [1.29, 1.82) is 0 Å². The third kappa shape index (κ3) is 3.17. The first-order chi connectivity index (χ1) is 9.36. The highest BCUT2D eigenvalue weighted by Crippen LogP contribution is 2.43. The summed E-state index contributed by atoms with van der Waals surface area (Å²) >= 11 is 0. The zero-order chi connectivity index (χ0) is 13.1. The van der Waals surface area contributed by atoms with Crippen molar-refractivity contribution in [1.82, 2.24) is 4.90 Å². The van der Waals surface area contributed by atoms with Gasteiger partial charge < -0.3 is 4.90 Å². The van der Waals surface area contributed by atoms with Gasteiger partial charge in [0.2, 0.25) is 0 Å². The molecule has 1 saturated heterocycles. The van der Waals surface area contributed by atoms with Gasteiger partial charge in [-0.25, -0.2) is 0 Å². The molecule has 0 amide bonds. The fourth-order valence-corrected chi connectivity index (χ4v) is 5.30. The van der Waals surface area contributed by atoms with Gasteiger partial charge in [-0.15, -0.1) is 0 Å². The highest BCUT2D eigenvalue weighted by atomic mass is 15.2. The summed E-state index contributed by atoms with van der Waals surface area (Å²) in [5.41, 5.74) is 0. The van der Waals surface area contributed by atoms with E-state index in [9.17, 15) is 0 Å². The van der Waals surface area contributed by atoms with Gasteiger partial charge in [-0.1, -0.05) is 57.8 Å². The highest BCUT2D eigenvalue weighted by molar-refractivity contribution is 4.94. The van der Waals surface area contributed by atoms with Crippen molar-refractivity contribution >= 4 is 0 Å². The Hall–Kier alpha value is -0.0400. The van der Waals surface area contributed by atoms with Gasteiger partial charge in [-0.05, 0) is 44.6 Å². The second kappa shape index (κ2) is 6.61. The molecule has 1 heteroatoms. The summed E-state index contributed by atoms with van der Waals surface area (Å²) in [4.78, 5) is 2.83. The lowest BCUT2D eigenvalue weighted by atomic mass is 9.70. The minimum absolute atomic E-state index is 0.920. The van der Waals surface area contributed by atoms with Crippen molar-refractivity contribution in [3.8, 4) is 0 Å². The van der Waals surface area contributed by atoms with Gasteiger partial charge in [-0.2, -0.15) is 0 Å². The molecule has 1 nitrogen and oxygen atoms in total. The Balaban J connectivity index is 1.77. The van der Waals surface area contributed by atoms with Crippen molar-refractivity contribution in [3.63, 3.8) is 0 Å². The fourth-order valence-electron chi connectivity index (χ4n) is 5.30. The predicted molar refractivity (Wildman–Crippen MR) is 82.3 cm³/mol. The molecular weight excluding hydrogens is 230 g/mol. The van der Waals surface area contributed by atoms with Crippen LogP contribution in [0.1, 0.15) is 83.5 Å². The van der Waals surface area contributed by atoms with Crippen LogP contribution in [0.15, 0.2) is 0 Å². The van der Waals surface area contributed by atoms with Gasteiger partial charge in [-0.3, -0.25) is 0 Å². The monoisotopic (exact) mass is 263 g/mol. The van der Waals surface area contributed by atoms with E-state index < -0.39 is 0 Å². The first kappa shape index (κ1) is 13.9. The number of rotatable bonds is 0. The van der Waals surface area contributed by atoms with E-state index in [2.05, 4.69) is 11.9 Å². The standard InChI is InChI=1S/C18H33N/c1-19-16-11-7-3-2-6-10-15(14-16)17-12-8-4-5-9-13-18(17)19/h15-18H,2-14H2,1H3. The van der Waals surface area contributed by atoms with E-state index in [1.165, 1.54) is 77.0 Å². The number of nitrogens with zero attached hydrogens (tertiary/aromatic N) is 1. The summed E-state index contributed by atoms with van der Waals surface area (Å²) in [6.45, 7) is 0. The summed E-state index contributed by atoms with van der Waals surface area (Å²) in [7, 11) is 2.46. The van der Waals surface area contributed by atoms with Crippen molar-refractivity contribution in [2.45, 2.75) is 95.6 Å². The van der Waals surface area contributed by atoms with Crippen molar-refractivity contribution < 1.29 is 0 Å². The summed E-state index contributed by atoms with van der Waals surface area (Å²) in [5.74, 6) is 2.11. The van der Waals surface area contributed by atoms with Crippen LogP contribution in [-0.4, -0.2) is 24.0 Å². The quantitative estimate of drug-likeness (QED) is 0.594. The molecule has 0 radical (unpaired) electrons. The highest BCUT2D eigenvalue weighted by Gasteiger charge is 2.40. The van der Waals surface area contributed by atoms with Crippen LogP contribution in [0.25, 0.3) is 0 Å². The SMILES string of the molecule is CN1C2CCCCCCC(C2)C2CCCCCCC21. The Bertz CT molecular complexity index is 267. The lowest BCUT2D eigenvalue weighted by Gasteiger charge is -2.50. The molecule has 1 heterocycles. The van der Waals surface area contributed by atoms with Crippen molar-refractivity contribution in [2.24, 2.45) is 11.8 Å². The van der Waals surface area contributed by atoms with Crippen LogP contribution < -0.4 is 0 Å². The molecule has 3 fully saturated rings. The van der Waals surface area contributed by atoms with E-state index in [1.807, 2.05) is 0 Å². The van der Waals surface area contributed by atoms with Crippen LogP contribution >= 0.6 is 0 Å². The van der Waals surface area contributed by atoms with Gasteiger partial charge in [0.25, 0.3) is 0 Å². The number of hydrogen-bond acceptors (Lipinski definition) is 1. The smallest absolute Gasteiger partial charge is 0.0126 e. The first-order valence-electron chi connectivity index (χ1n) is 9.08. The number of fused-ring (bicyclic) bond motifs is 4. The molecule has 3 aliphatic rings.